The molecule has 0 saturated heterocycles. The van der Waals surface area contributed by atoms with Gasteiger partial charge < -0.3 is 25.0 Å². The minimum absolute atomic E-state index is 0.00187. The Hall–Kier alpha value is -1.94. The Morgan fingerprint density at radius 2 is 1.92 bits per heavy atom. The third kappa shape index (κ3) is 11.3. The van der Waals surface area contributed by atoms with E-state index in [1.807, 2.05) is 31.2 Å². The van der Waals surface area contributed by atoms with E-state index in [4.69, 9.17) is 9.47 Å². The first-order valence-corrected chi connectivity index (χ1v) is 20.9. The lowest BCUT2D eigenvalue weighted by molar-refractivity contribution is -0.143. The van der Waals surface area contributed by atoms with E-state index < -0.39 is 43.3 Å². The lowest BCUT2D eigenvalue weighted by Crippen LogP contribution is -2.33. The molecule has 0 spiro atoms. The van der Waals surface area contributed by atoms with Crippen molar-refractivity contribution in [2.75, 3.05) is 20.3 Å². The molecular formula is C34H54N2O9S3. The number of nitrogens with zero attached hydrogens (tertiary/aromatic N) is 1. The Morgan fingerprint density at radius 3 is 2.62 bits per heavy atom. The SMILES string of the molecule is CCCCC[C@@H](/C=C/[C@@H]1[C@@H](C/C=C\CCCC(=O)OCC/C=N/S(=O)(=O)c2cc3c(s2)S(=O)(=O)[C@@H](C)C[C@@H]3NCC)[C@@H](O)C[C@H]1O)OC. The van der Waals surface area contributed by atoms with Crippen LogP contribution in [0.3, 0.4) is 0 Å². The number of unbranched alkanes of at least 4 members (excludes halogenated alkanes) is 3. The van der Waals surface area contributed by atoms with Gasteiger partial charge in [-0.05, 0) is 57.6 Å². The number of aliphatic hydroxyl groups excluding tert-OH is 2. The number of esters is 1. The fourth-order valence-corrected chi connectivity index (χ4v) is 11.1. The summed E-state index contributed by atoms with van der Waals surface area (Å²) >= 11 is 0.728. The number of sulfone groups is 1. The molecule has 0 bridgehead atoms. The fourth-order valence-electron chi connectivity index (χ4n) is 6.25. The van der Waals surface area contributed by atoms with Gasteiger partial charge >= 0.3 is 5.97 Å². The van der Waals surface area contributed by atoms with Gasteiger partial charge in [0.2, 0.25) is 0 Å². The lowest BCUT2D eigenvalue weighted by Gasteiger charge is -2.27. The van der Waals surface area contributed by atoms with Crippen LogP contribution in [0.5, 0.6) is 0 Å². The molecule has 0 radical (unpaired) electrons. The molecule has 1 saturated carbocycles. The smallest absolute Gasteiger partial charge is 0.305 e. The molecule has 11 nitrogen and oxygen atoms in total. The highest BCUT2D eigenvalue weighted by molar-refractivity contribution is 7.96. The average Bonchev–Trinajstić information content (AvgIpc) is 3.62. The van der Waals surface area contributed by atoms with Gasteiger partial charge in [-0.15, -0.1) is 11.3 Å². The summed E-state index contributed by atoms with van der Waals surface area (Å²) in [6, 6.07) is 1.16. The summed E-state index contributed by atoms with van der Waals surface area (Å²) < 4.78 is 65.7. The van der Waals surface area contributed by atoms with Crippen LogP contribution in [0, 0.1) is 11.8 Å². The highest BCUT2D eigenvalue weighted by Crippen LogP contribution is 2.43. The fraction of sp³-hybridized carbons (Fsp3) is 0.706. The molecule has 0 aromatic carbocycles. The van der Waals surface area contributed by atoms with Crippen molar-refractivity contribution < 1.29 is 41.3 Å². The number of carbonyl (C=O) groups excluding carboxylic acids is 1. The first-order valence-electron chi connectivity index (χ1n) is 17.1. The Bertz CT molecular complexity index is 1470. The van der Waals surface area contributed by atoms with E-state index >= 15 is 0 Å². The van der Waals surface area contributed by atoms with E-state index in [0.717, 1.165) is 37.0 Å². The van der Waals surface area contributed by atoms with Crippen LogP contribution in [0.25, 0.3) is 0 Å². The number of allylic oxidation sites excluding steroid dienone is 2. The molecule has 1 fully saturated rings. The summed E-state index contributed by atoms with van der Waals surface area (Å²) in [4.78, 5) is 12.2. The molecule has 1 aliphatic carbocycles. The maximum atomic E-state index is 12.8. The van der Waals surface area contributed by atoms with Crippen molar-refractivity contribution in [3.63, 3.8) is 0 Å². The Morgan fingerprint density at radius 1 is 1.15 bits per heavy atom. The van der Waals surface area contributed by atoms with Gasteiger partial charge in [-0.1, -0.05) is 57.4 Å². The largest absolute Gasteiger partial charge is 0.465 e. The van der Waals surface area contributed by atoms with Gasteiger partial charge in [0, 0.05) is 50.1 Å². The molecule has 0 unspecified atom stereocenters. The number of hydrogen-bond donors (Lipinski definition) is 3. The van der Waals surface area contributed by atoms with Crippen molar-refractivity contribution in [1.82, 2.24) is 5.32 Å². The molecule has 0 amide bonds. The van der Waals surface area contributed by atoms with E-state index in [9.17, 15) is 31.8 Å². The van der Waals surface area contributed by atoms with Crippen molar-refractivity contribution in [1.29, 1.82) is 0 Å². The third-order valence-corrected chi connectivity index (χ3v) is 14.7. The summed E-state index contributed by atoms with van der Waals surface area (Å²) in [5.74, 6) is -0.633. The van der Waals surface area contributed by atoms with Gasteiger partial charge in [-0.3, -0.25) is 4.79 Å². The van der Waals surface area contributed by atoms with Gasteiger partial charge in [-0.2, -0.15) is 12.8 Å². The summed E-state index contributed by atoms with van der Waals surface area (Å²) in [5, 5.41) is 23.7. The second-order valence-electron chi connectivity index (χ2n) is 12.6. The molecule has 2 heterocycles. The van der Waals surface area contributed by atoms with Crippen molar-refractivity contribution in [2.24, 2.45) is 16.2 Å². The molecule has 7 atom stereocenters. The first kappa shape index (κ1) is 40.5. The number of rotatable bonds is 20. The number of hydrogen-bond acceptors (Lipinski definition) is 11. The number of fused-ring (bicyclic) bond motifs is 1. The van der Waals surface area contributed by atoms with E-state index in [-0.39, 0.29) is 51.8 Å². The van der Waals surface area contributed by atoms with Gasteiger partial charge in [-0.25, -0.2) is 8.42 Å². The third-order valence-electron chi connectivity index (χ3n) is 9.05. The Kier molecular flexibility index (Phi) is 16.4. The van der Waals surface area contributed by atoms with E-state index in [1.54, 1.807) is 14.0 Å². The molecular weight excluding hydrogens is 677 g/mol. The normalized spacial score (nSPS) is 26.5. The predicted molar refractivity (Wildman–Crippen MR) is 189 cm³/mol. The first-order chi connectivity index (χ1) is 22.8. The number of aliphatic hydroxyl groups is 2. The highest BCUT2D eigenvalue weighted by Gasteiger charge is 2.40. The number of nitrogens with one attached hydrogen (secondary N) is 1. The second-order valence-corrected chi connectivity index (χ2v) is 18.1. The molecule has 3 rings (SSSR count). The van der Waals surface area contributed by atoms with Crippen LogP contribution in [-0.2, 0) is 34.1 Å². The standard InChI is InChI=1S/C34H54N2O9S3/c1-5-7-10-14-25(44-4)17-18-27-26(30(37)23-31(27)38)15-11-8-9-12-16-32(39)45-20-13-19-36-48(42,43)33-22-28-29(35-6-2)21-24(3)47(40,41)34(28)46-33/h8,11,17-19,22,24-27,29-31,35,37-38H,5-7,9-10,12-16,20-21,23H2,1-4H3/b11-8-,18-17+,36-19+/t24-,25-,26+,27+,29-,30-,31+/m0/s1. The average molecular weight is 731 g/mol. The van der Waals surface area contributed by atoms with Crippen LogP contribution in [0.4, 0.5) is 0 Å². The topological polar surface area (TPSA) is 169 Å². The monoisotopic (exact) mass is 730 g/mol. The van der Waals surface area contributed by atoms with Gasteiger partial charge in [0.25, 0.3) is 10.0 Å². The van der Waals surface area contributed by atoms with Gasteiger partial charge in [0.15, 0.2) is 9.84 Å². The van der Waals surface area contributed by atoms with Crippen molar-refractivity contribution in [3.8, 4) is 0 Å². The summed E-state index contributed by atoms with van der Waals surface area (Å²) in [6.07, 6.45) is 15.1. The van der Waals surface area contributed by atoms with E-state index in [1.165, 1.54) is 12.3 Å². The minimum atomic E-state index is -4.10. The van der Waals surface area contributed by atoms with Crippen LogP contribution in [-0.4, -0.2) is 83.1 Å². The predicted octanol–water partition coefficient (Wildman–Crippen LogP) is 5.28. The second kappa shape index (κ2) is 19.5. The number of ether oxygens (including phenoxy) is 2. The molecule has 272 valence electrons. The number of carbonyl (C=O) groups is 1. The van der Waals surface area contributed by atoms with Crippen LogP contribution >= 0.6 is 11.3 Å². The van der Waals surface area contributed by atoms with Gasteiger partial charge in [0.05, 0.1) is 30.2 Å². The molecule has 48 heavy (non-hydrogen) atoms. The Balaban J connectivity index is 1.39. The zero-order chi connectivity index (χ0) is 35.3. The highest BCUT2D eigenvalue weighted by atomic mass is 32.3. The minimum Gasteiger partial charge on any atom is -0.465 e. The Labute approximate surface area is 290 Å². The van der Waals surface area contributed by atoms with Crippen LogP contribution in [0.15, 0.2) is 43.2 Å². The van der Waals surface area contributed by atoms with Crippen molar-refractivity contribution in [3.05, 3.63) is 35.9 Å². The van der Waals surface area contributed by atoms with Crippen LogP contribution < -0.4 is 5.32 Å². The zero-order valence-corrected chi connectivity index (χ0v) is 31.1. The molecule has 3 N–H and O–H groups in total. The molecule has 1 aromatic rings. The molecule has 2 aliphatic rings. The number of sulfonamides is 1. The zero-order valence-electron chi connectivity index (χ0n) is 28.6. The maximum Gasteiger partial charge on any atom is 0.305 e. The number of thiophene rings is 1. The van der Waals surface area contributed by atoms with Crippen LogP contribution in [0.2, 0.25) is 0 Å². The lowest BCUT2D eigenvalue weighted by atomic mass is 9.89. The van der Waals surface area contributed by atoms with E-state index in [2.05, 4.69) is 16.6 Å². The molecule has 14 heteroatoms. The van der Waals surface area contributed by atoms with Gasteiger partial charge in [0.1, 0.15) is 8.42 Å². The van der Waals surface area contributed by atoms with Crippen molar-refractivity contribution >= 4 is 43.4 Å². The molecule has 1 aliphatic heterocycles. The van der Waals surface area contributed by atoms with E-state index in [0.29, 0.717) is 44.2 Å². The van der Waals surface area contributed by atoms with Crippen LogP contribution in [0.1, 0.15) is 103 Å². The summed E-state index contributed by atoms with van der Waals surface area (Å²) in [6.45, 7) is 6.29. The molecule has 1 aromatic heterocycles. The summed E-state index contributed by atoms with van der Waals surface area (Å²) in [5.41, 5.74) is 0.470. The quantitative estimate of drug-likeness (QED) is 0.0695. The maximum absolute atomic E-state index is 12.8. The van der Waals surface area contributed by atoms with Crippen molar-refractivity contribution in [2.45, 2.75) is 129 Å². The summed E-state index contributed by atoms with van der Waals surface area (Å²) in [7, 11) is -6.02. The number of methoxy groups -OCH3 is 1.